The molecular weight excluding hydrogens is 631 g/mol. The second-order valence-corrected chi connectivity index (χ2v) is 15.2. The van der Waals surface area contributed by atoms with Crippen molar-refractivity contribution in [2.24, 2.45) is 0 Å². The van der Waals surface area contributed by atoms with E-state index >= 15 is 0 Å². The van der Waals surface area contributed by atoms with Crippen LogP contribution in [0, 0.1) is 0 Å². The lowest BCUT2D eigenvalue weighted by molar-refractivity contribution is 0.483. The van der Waals surface area contributed by atoms with Crippen molar-refractivity contribution in [3.8, 4) is 42.0 Å². The molecule has 45 heavy (non-hydrogen) atoms. The third-order valence-electron chi connectivity index (χ3n) is 8.25. The summed E-state index contributed by atoms with van der Waals surface area (Å²) in [6.45, 7) is 3.10. The quantitative estimate of drug-likeness (QED) is 0.102. The molecule has 5 nitrogen and oxygen atoms in total. The SMILES string of the molecule is CCCCCCCCCCCCn1nc2c(-c3cccs3)c3nc(-c4cccs4)c(-c4cccs4)nc3c(-c3cccs3)c2n1. The van der Waals surface area contributed by atoms with Crippen LogP contribution >= 0.6 is 45.3 Å². The summed E-state index contributed by atoms with van der Waals surface area (Å²) >= 11 is 6.85. The van der Waals surface area contributed by atoms with E-state index in [9.17, 15) is 0 Å². The fourth-order valence-corrected chi connectivity index (χ4v) is 8.99. The highest BCUT2D eigenvalue weighted by Crippen LogP contribution is 2.46. The Kier molecular flexibility index (Phi) is 9.77. The summed E-state index contributed by atoms with van der Waals surface area (Å²) in [7, 11) is 0. The lowest BCUT2D eigenvalue weighted by Crippen LogP contribution is -2.02. The van der Waals surface area contributed by atoms with Gasteiger partial charge in [0.2, 0.25) is 0 Å². The molecule has 0 bridgehead atoms. The molecule has 7 aromatic rings. The average molecular weight is 668 g/mol. The normalized spacial score (nSPS) is 11.8. The van der Waals surface area contributed by atoms with Crippen LogP contribution in [0.25, 0.3) is 64.1 Å². The molecule has 0 saturated heterocycles. The van der Waals surface area contributed by atoms with E-state index < -0.39 is 0 Å². The summed E-state index contributed by atoms with van der Waals surface area (Å²) in [4.78, 5) is 17.4. The Labute approximate surface area is 280 Å². The summed E-state index contributed by atoms with van der Waals surface area (Å²) in [5, 5.41) is 18.8. The van der Waals surface area contributed by atoms with Gasteiger partial charge in [-0.1, -0.05) is 89.0 Å². The van der Waals surface area contributed by atoms with Crippen molar-refractivity contribution < 1.29 is 0 Å². The summed E-state index contributed by atoms with van der Waals surface area (Å²) in [6.07, 6.45) is 13.1. The number of benzene rings is 1. The zero-order valence-corrected chi connectivity index (χ0v) is 28.8. The van der Waals surface area contributed by atoms with Gasteiger partial charge in [0.1, 0.15) is 33.5 Å². The molecule has 0 aliphatic heterocycles. The highest BCUT2D eigenvalue weighted by molar-refractivity contribution is 7.15. The maximum atomic E-state index is 5.48. The fourth-order valence-electron chi connectivity index (χ4n) is 6.01. The fraction of sp³-hybridized carbons (Fsp3) is 0.333. The first kappa shape index (κ1) is 30.4. The lowest BCUT2D eigenvalue weighted by atomic mass is 10.0. The Morgan fingerprint density at radius 1 is 0.489 bits per heavy atom. The van der Waals surface area contributed by atoms with E-state index in [0.717, 1.165) is 77.1 Å². The largest absolute Gasteiger partial charge is 0.242 e. The average Bonchev–Trinajstić information content (AvgIpc) is 3.91. The molecule has 6 heterocycles. The topological polar surface area (TPSA) is 56.5 Å². The molecule has 0 unspecified atom stereocenters. The van der Waals surface area contributed by atoms with Crippen molar-refractivity contribution in [3.05, 3.63) is 70.1 Å². The molecule has 1 aromatic carbocycles. The second-order valence-electron chi connectivity index (χ2n) is 11.5. The van der Waals surface area contributed by atoms with Crippen LogP contribution in [0.15, 0.2) is 70.1 Å². The van der Waals surface area contributed by atoms with Gasteiger partial charge in [0.15, 0.2) is 0 Å². The minimum atomic E-state index is 0.817. The summed E-state index contributed by atoms with van der Waals surface area (Å²) in [5.74, 6) is 0. The number of aromatic nitrogens is 5. The van der Waals surface area contributed by atoms with E-state index in [2.05, 4.69) is 77.0 Å². The maximum Gasteiger partial charge on any atom is 0.124 e. The molecule has 0 amide bonds. The minimum Gasteiger partial charge on any atom is -0.242 e. The molecule has 6 aromatic heterocycles. The molecule has 0 aliphatic carbocycles. The van der Waals surface area contributed by atoms with Crippen molar-refractivity contribution in [3.63, 3.8) is 0 Å². The first-order chi connectivity index (χ1) is 22.3. The third-order valence-corrected chi connectivity index (χ3v) is 11.8. The number of hydrogen-bond acceptors (Lipinski definition) is 8. The molecule has 7 rings (SSSR count). The van der Waals surface area contributed by atoms with Gasteiger partial charge in [0.25, 0.3) is 0 Å². The van der Waals surface area contributed by atoms with Crippen LogP contribution in [0.2, 0.25) is 0 Å². The van der Waals surface area contributed by atoms with E-state index in [1.807, 2.05) is 4.80 Å². The van der Waals surface area contributed by atoms with Crippen LogP contribution in [0.5, 0.6) is 0 Å². The zero-order chi connectivity index (χ0) is 30.4. The number of nitrogens with zero attached hydrogens (tertiary/aromatic N) is 5. The monoisotopic (exact) mass is 667 g/mol. The molecule has 0 radical (unpaired) electrons. The van der Waals surface area contributed by atoms with Gasteiger partial charge in [-0.2, -0.15) is 15.0 Å². The zero-order valence-electron chi connectivity index (χ0n) is 25.6. The molecule has 0 atom stereocenters. The van der Waals surface area contributed by atoms with Gasteiger partial charge in [-0.25, -0.2) is 9.97 Å². The highest BCUT2D eigenvalue weighted by atomic mass is 32.1. The highest BCUT2D eigenvalue weighted by Gasteiger charge is 2.26. The van der Waals surface area contributed by atoms with Gasteiger partial charge in [-0.15, -0.1) is 45.3 Å². The third kappa shape index (κ3) is 6.54. The van der Waals surface area contributed by atoms with Gasteiger partial charge in [-0.3, -0.25) is 0 Å². The lowest BCUT2D eigenvalue weighted by Gasteiger charge is -2.13. The molecular formula is C36H37N5S4. The first-order valence-corrected chi connectivity index (χ1v) is 19.6. The number of fused-ring (bicyclic) bond motifs is 2. The predicted molar refractivity (Wildman–Crippen MR) is 196 cm³/mol. The standard InChI is InChI=1S/C36H37N5S4/c1-2-3-4-5-6-7-8-9-10-11-20-41-39-35-29(25-16-12-21-42-25)33-34(30(36(35)40-41)26-17-13-22-43-26)38-32(28-19-15-24-45-28)31(37-33)27-18-14-23-44-27/h12-19,21-24H,2-11,20H2,1H3. The van der Waals surface area contributed by atoms with Crippen LogP contribution in [0.3, 0.4) is 0 Å². The van der Waals surface area contributed by atoms with Crippen LogP contribution in [-0.4, -0.2) is 25.0 Å². The summed E-state index contributed by atoms with van der Waals surface area (Å²) in [5.41, 5.74) is 7.52. The maximum absolute atomic E-state index is 5.48. The molecule has 0 spiro atoms. The number of hydrogen-bond donors (Lipinski definition) is 0. The Morgan fingerprint density at radius 3 is 1.29 bits per heavy atom. The Balaban J connectivity index is 1.30. The summed E-state index contributed by atoms with van der Waals surface area (Å²) in [6, 6.07) is 17.0. The van der Waals surface area contributed by atoms with Gasteiger partial charge >= 0.3 is 0 Å². The predicted octanol–water partition coefficient (Wildman–Crippen LogP) is 12.2. The van der Waals surface area contributed by atoms with Gasteiger partial charge < -0.3 is 0 Å². The smallest absolute Gasteiger partial charge is 0.124 e. The van der Waals surface area contributed by atoms with Gasteiger partial charge in [-0.05, 0) is 52.2 Å². The molecule has 0 N–H and O–H groups in total. The number of rotatable bonds is 15. The van der Waals surface area contributed by atoms with Crippen molar-refractivity contribution >= 4 is 67.4 Å². The number of aryl methyl sites for hydroxylation is 1. The molecule has 0 saturated carbocycles. The van der Waals surface area contributed by atoms with Crippen molar-refractivity contribution in [1.29, 1.82) is 0 Å². The van der Waals surface area contributed by atoms with E-state index in [0.29, 0.717) is 0 Å². The van der Waals surface area contributed by atoms with E-state index in [1.165, 1.54) is 57.8 Å². The minimum absolute atomic E-state index is 0.817. The van der Waals surface area contributed by atoms with Crippen LogP contribution < -0.4 is 0 Å². The second kappa shape index (κ2) is 14.5. The molecule has 230 valence electrons. The first-order valence-electron chi connectivity index (χ1n) is 16.1. The van der Waals surface area contributed by atoms with E-state index in [-0.39, 0.29) is 0 Å². The van der Waals surface area contributed by atoms with Crippen LogP contribution in [0.1, 0.15) is 71.1 Å². The molecule has 0 aliphatic rings. The van der Waals surface area contributed by atoms with Crippen LogP contribution in [0.4, 0.5) is 0 Å². The van der Waals surface area contributed by atoms with E-state index in [4.69, 9.17) is 20.2 Å². The van der Waals surface area contributed by atoms with Gasteiger partial charge in [0.05, 0.1) is 16.3 Å². The number of unbranched alkanes of at least 4 members (excludes halogenated alkanes) is 9. The van der Waals surface area contributed by atoms with E-state index in [1.54, 1.807) is 45.3 Å². The Morgan fingerprint density at radius 2 is 0.889 bits per heavy atom. The molecule has 0 fully saturated rings. The Hall–Kier alpha value is -3.24. The van der Waals surface area contributed by atoms with Gasteiger partial charge in [0, 0.05) is 20.9 Å². The van der Waals surface area contributed by atoms with Crippen molar-refractivity contribution in [1.82, 2.24) is 25.0 Å². The Bertz CT molecular complexity index is 1810. The van der Waals surface area contributed by atoms with Crippen molar-refractivity contribution in [2.75, 3.05) is 0 Å². The molecule has 9 heteroatoms. The number of thiophene rings is 4. The van der Waals surface area contributed by atoms with Crippen molar-refractivity contribution in [2.45, 2.75) is 77.7 Å². The van der Waals surface area contributed by atoms with Crippen LogP contribution in [-0.2, 0) is 6.54 Å². The summed E-state index contributed by atoms with van der Waals surface area (Å²) < 4.78 is 0.